The molecule has 1 aromatic carbocycles. The van der Waals surface area contributed by atoms with Gasteiger partial charge in [-0.2, -0.15) is 0 Å². The maximum Gasteiger partial charge on any atom is 0.127 e. The third-order valence-corrected chi connectivity index (χ3v) is 5.46. The van der Waals surface area contributed by atoms with Gasteiger partial charge < -0.3 is 4.57 Å². The lowest BCUT2D eigenvalue weighted by atomic mass is 9.94. The van der Waals surface area contributed by atoms with Gasteiger partial charge >= 0.3 is 0 Å². The molecule has 2 nitrogen and oxygen atoms in total. The van der Waals surface area contributed by atoms with Gasteiger partial charge in [0.25, 0.3) is 0 Å². The molecule has 2 fully saturated rings. The van der Waals surface area contributed by atoms with Crippen molar-refractivity contribution < 1.29 is 0 Å². The highest BCUT2D eigenvalue weighted by Gasteiger charge is 2.41. The first-order valence-electron chi connectivity index (χ1n) is 7.76. The van der Waals surface area contributed by atoms with Gasteiger partial charge in [0.1, 0.15) is 5.82 Å². The van der Waals surface area contributed by atoms with Crippen molar-refractivity contribution in [2.75, 3.05) is 0 Å². The molecule has 1 aromatic heterocycles. The Morgan fingerprint density at radius 3 is 2.80 bits per heavy atom. The minimum atomic E-state index is -0.0261. The molecule has 0 amide bonds. The SMILES string of the molecule is Cc1ccc2c(c1)nc(C(C)Cl)n2C1CC2CCC1C2. The molecule has 1 heterocycles. The largest absolute Gasteiger partial charge is 0.323 e. The van der Waals surface area contributed by atoms with Crippen molar-refractivity contribution in [3.8, 4) is 0 Å². The Labute approximate surface area is 125 Å². The van der Waals surface area contributed by atoms with E-state index in [9.17, 15) is 0 Å². The van der Waals surface area contributed by atoms with E-state index in [0.29, 0.717) is 6.04 Å². The van der Waals surface area contributed by atoms with E-state index in [0.717, 1.165) is 23.2 Å². The fourth-order valence-corrected chi connectivity index (χ4v) is 4.54. The van der Waals surface area contributed by atoms with Crippen LogP contribution in [-0.2, 0) is 0 Å². The Kier molecular flexibility index (Phi) is 2.85. The van der Waals surface area contributed by atoms with E-state index in [2.05, 4.69) is 29.7 Å². The average molecular weight is 289 g/mol. The lowest BCUT2D eigenvalue weighted by Crippen LogP contribution is -2.18. The van der Waals surface area contributed by atoms with E-state index in [1.54, 1.807) is 0 Å². The first-order chi connectivity index (χ1) is 9.63. The Morgan fingerprint density at radius 1 is 1.30 bits per heavy atom. The number of rotatable bonds is 2. The summed E-state index contributed by atoms with van der Waals surface area (Å²) in [5.74, 6) is 2.84. The maximum absolute atomic E-state index is 6.42. The van der Waals surface area contributed by atoms with Gasteiger partial charge in [-0.25, -0.2) is 4.98 Å². The Hall–Kier alpha value is -1.02. The summed E-state index contributed by atoms with van der Waals surface area (Å²) in [6.45, 7) is 4.17. The molecular weight excluding hydrogens is 268 g/mol. The number of hydrogen-bond acceptors (Lipinski definition) is 1. The summed E-state index contributed by atoms with van der Waals surface area (Å²) in [5.41, 5.74) is 3.65. The molecule has 2 saturated carbocycles. The normalized spacial score (nSPS) is 30.2. The molecular formula is C17H21ClN2. The van der Waals surface area contributed by atoms with Crippen LogP contribution in [0.25, 0.3) is 11.0 Å². The van der Waals surface area contributed by atoms with Gasteiger partial charge in [0.15, 0.2) is 0 Å². The summed E-state index contributed by atoms with van der Waals surface area (Å²) < 4.78 is 2.47. The summed E-state index contributed by atoms with van der Waals surface area (Å²) >= 11 is 6.42. The molecule has 4 unspecified atom stereocenters. The predicted octanol–water partition coefficient (Wildman–Crippen LogP) is 5.01. The number of halogens is 1. The first-order valence-corrected chi connectivity index (χ1v) is 8.19. The number of alkyl halides is 1. The van der Waals surface area contributed by atoms with Crippen molar-refractivity contribution in [3.05, 3.63) is 29.6 Å². The van der Waals surface area contributed by atoms with Crippen LogP contribution < -0.4 is 0 Å². The Balaban J connectivity index is 1.90. The van der Waals surface area contributed by atoms with E-state index in [-0.39, 0.29) is 5.38 Å². The van der Waals surface area contributed by atoms with Crippen molar-refractivity contribution in [1.29, 1.82) is 0 Å². The predicted molar refractivity (Wildman–Crippen MR) is 83.2 cm³/mol. The second-order valence-electron chi connectivity index (χ2n) is 6.69. The first kappa shape index (κ1) is 12.7. The molecule has 4 atom stereocenters. The van der Waals surface area contributed by atoms with Crippen LogP contribution in [0.5, 0.6) is 0 Å². The van der Waals surface area contributed by atoms with Crippen LogP contribution in [0.3, 0.4) is 0 Å². The summed E-state index contributed by atoms with van der Waals surface area (Å²) in [6, 6.07) is 7.22. The second-order valence-corrected chi connectivity index (χ2v) is 7.35. The molecule has 2 aliphatic rings. The quantitative estimate of drug-likeness (QED) is 0.711. The molecule has 3 heteroatoms. The third-order valence-electron chi connectivity index (χ3n) is 5.26. The molecule has 2 aromatic rings. The molecule has 4 rings (SSSR count). The van der Waals surface area contributed by atoms with Crippen LogP contribution in [0.2, 0.25) is 0 Å². The molecule has 0 spiro atoms. The van der Waals surface area contributed by atoms with E-state index in [1.807, 2.05) is 6.92 Å². The van der Waals surface area contributed by atoms with E-state index < -0.39 is 0 Å². The monoisotopic (exact) mass is 288 g/mol. The van der Waals surface area contributed by atoms with Gasteiger partial charge in [-0.15, -0.1) is 11.6 Å². The van der Waals surface area contributed by atoms with Gasteiger partial charge in [-0.3, -0.25) is 0 Å². The van der Waals surface area contributed by atoms with Crippen molar-refractivity contribution in [2.45, 2.75) is 50.9 Å². The Bertz CT molecular complexity index is 658. The number of hydrogen-bond donors (Lipinski definition) is 0. The molecule has 2 aliphatic carbocycles. The summed E-state index contributed by atoms with van der Waals surface area (Å²) in [7, 11) is 0. The number of benzene rings is 1. The second kappa shape index (κ2) is 4.49. The van der Waals surface area contributed by atoms with Gasteiger partial charge in [-0.1, -0.05) is 12.5 Å². The summed E-state index contributed by atoms with van der Waals surface area (Å²) in [6.07, 6.45) is 5.54. The molecule has 0 saturated heterocycles. The lowest BCUT2D eigenvalue weighted by Gasteiger charge is -2.26. The standard InChI is InChI=1S/C17H21ClN2/c1-10-3-6-15-14(7-10)19-17(11(2)18)20(15)16-9-12-4-5-13(16)8-12/h3,6-7,11-13,16H,4-5,8-9H2,1-2H3. The number of imidazole rings is 1. The highest BCUT2D eigenvalue weighted by molar-refractivity contribution is 6.20. The van der Waals surface area contributed by atoms with Crippen LogP contribution >= 0.6 is 11.6 Å². The molecule has 20 heavy (non-hydrogen) atoms. The fraction of sp³-hybridized carbons (Fsp3) is 0.588. The fourth-order valence-electron chi connectivity index (χ4n) is 4.38. The van der Waals surface area contributed by atoms with Crippen molar-refractivity contribution in [3.63, 3.8) is 0 Å². The zero-order valence-electron chi connectivity index (χ0n) is 12.1. The van der Waals surface area contributed by atoms with Gasteiger partial charge in [0.05, 0.1) is 16.4 Å². The molecule has 0 radical (unpaired) electrons. The highest BCUT2D eigenvalue weighted by Crippen LogP contribution is 2.52. The van der Waals surface area contributed by atoms with Crippen LogP contribution in [0.1, 0.15) is 55.4 Å². The Morgan fingerprint density at radius 2 is 2.15 bits per heavy atom. The molecule has 106 valence electrons. The average Bonchev–Trinajstić information content (AvgIpc) is 3.09. The van der Waals surface area contributed by atoms with Crippen LogP contribution in [0.15, 0.2) is 18.2 Å². The number of fused-ring (bicyclic) bond motifs is 3. The van der Waals surface area contributed by atoms with E-state index >= 15 is 0 Å². The van der Waals surface area contributed by atoms with Crippen LogP contribution in [0, 0.1) is 18.8 Å². The smallest absolute Gasteiger partial charge is 0.127 e. The number of aryl methyl sites for hydroxylation is 1. The van der Waals surface area contributed by atoms with E-state index in [4.69, 9.17) is 16.6 Å². The third kappa shape index (κ3) is 1.81. The highest BCUT2D eigenvalue weighted by atomic mass is 35.5. The minimum absolute atomic E-state index is 0.0261. The maximum atomic E-state index is 6.42. The summed E-state index contributed by atoms with van der Waals surface area (Å²) in [5, 5.41) is -0.0261. The van der Waals surface area contributed by atoms with Gasteiger partial charge in [-0.05, 0) is 62.6 Å². The topological polar surface area (TPSA) is 17.8 Å². The van der Waals surface area contributed by atoms with E-state index in [1.165, 1.54) is 36.8 Å². The van der Waals surface area contributed by atoms with Gasteiger partial charge in [0.2, 0.25) is 0 Å². The van der Waals surface area contributed by atoms with Crippen LogP contribution in [0.4, 0.5) is 0 Å². The van der Waals surface area contributed by atoms with Crippen molar-refractivity contribution in [2.24, 2.45) is 11.8 Å². The number of nitrogens with zero attached hydrogens (tertiary/aromatic N) is 2. The molecule has 0 aliphatic heterocycles. The van der Waals surface area contributed by atoms with Crippen molar-refractivity contribution in [1.82, 2.24) is 9.55 Å². The molecule has 0 N–H and O–H groups in total. The minimum Gasteiger partial charge on any atom is -0.323 e. The number of aromatic nitrogens is 2. The van der Waals surface area contributed by atoms with Crippen LogP contribution in [-0.4, -0.2) is 9.55 Å². The van der Waals surface area contributed by atoms with Crippen molar-refractivity contribution >= 4 is 22.6 Å². The van der Waals surface area contributed by atoms with Gasteiger partial charge in [0, 0.05) is 6.04 Å². The summed E-state index contributed by atoms with van der Waals surface area (Å²) in [4.78, 5) is 4.83. The molecule has 2 bridgehead atoms. The zero-order chi connectivity index (χ0) is 13.9. The lowest BCUT2D eigenvalue weighted by molar-refractivity contribution is 0.329. The zero-order valence-corrected chi connectivity index (χ0v) is 12.9.